The molecule has 0 saturated heterocycles. The molecule has 0 aromatic heterocycles. The van der Waals surface area contributed by atoms with Gasteiger partial charge < -0.3 is 0 Å². The Morgan fingerprint density at radius 1 is 0.821 bits per heavy atom. The molecule has 1 aliphatic rings. The van der Waals surface area contributed by atoms with Crippen LogP contribution in [0.3, 0.4) is 0 Å². The molecule has 146 valence electrons. The van der Waals surface area contributed by atoms with Crippen LogP contribution in [-0.2, 0) is 0 Å². The molecule has 3 aromatic carbocycles. The second kappa shape index (κ2) is 7.98. The first-order valence-corrected chi connectivity index (χ1v) is 10.2. The highest BCUT2D eigenvalue weighted by atomic mass is 19.2. The summed E-state index contributed by atoms with van der Waals surface area (Å²) in [6.07, 6.45) is 7.26. The molecular weight excluding hydrogens is 357 g/mol. The van der Waals surface area contributed by atoms with Gasteiger partial charge in [0.05, 0.1) is 0 Å². The van der Waals surface area contributed by atoms with Crippen molar-refractivity contribution in [2.45, 2.75) is 51.4 Å². The number of benzene rings is 3. The van der Waals surface area contributed by atoms with Crippen molar-refractivity contribution in [1.82, 2.24) is 0 Å². The molecule has 0 bridgehead atoms. The second-order valence-corrected chi connectivity index (χ2v) is 8.04. The Morgan fingerprint density at radius 2 is 1.61 bits per heavy atom. The molecule has 0 amide bonds. The van der Waals surface area contributed by atoms with Gasteiger partial charge in [0, 0.05) is 10.9 Å². The number of fused-ring (bicyclic) bond motifs is 1. The van der Waals surface area contributed by atoms with Crippen molar-refractivity contribution in [2.75, 3.05) is 0 Å². The molecule has 3 heteroatoms. The Labute approximate surface area is 164 Å². The van der Waals surface area contributed by atoms with Crippen molar-refractivity contribution in [3.63, 3.8) is 0 Å². The summed E-state index contributed by atoms with van der Waals surface area (Å²) >= 11 is 0. The highest BCUT2D eigenvalue weighted by Crippen LogP contribution is 2.39. The molecule has 0 radical (unpaired) electrons. The third-order valence-corrected chi connectivity index (χ3v) is 6.23. The van der Waals surface area contributed by atoms with E-state index in [9.17, 15) is 13.2 Å². The summed E-state index contributed by atoms with van der Waals surface area (Å²) < 4.78 is 42.2. The quantitative estimate of drug-likeness (QED) is 0.429. The van der Waals surface area contributed by atoms with E-state index >= 15 is 0 Å². The lowest BCUT2D eigenvalue weighted by Gasteiger charge is -2.28. The summed E-state index contributed by atoms with van der Waals surface area (Å²) in [5.41, 5.74) is 2.24. The van der Waals surface area contributed by atoms with Gasteiger partial charge in [0.1, 0.15) is 5.82 Å². The molecule has 0 atom stereocenters. The van der Waals surface area contributed by atoms with Gasteiger partial charge in [-0.3, -0.25) is 0 Å². The topological polar surface area (TPSA) is 0 Å². The SMILES string of the molecule is CCC[C@H]1CC[C@H](c2ccc(-c3ccc4c(F)c(F)ccc4c3)c(F)c2)CC1. The maximum atomic E-state index is 14.9. The summed E-state index contributed by atoms with van der Waals surface area (Å²) in [6.45, 7) is 2.23. The van der Waals surface area contributed by atoms with Crippen molar-refractivity contribution >= 4 is 10.8 Å². The molecule has 0 spiro atoms. The molecule has 4 rings (SSSR count). The minimum absolute atomic E-state index is 0.213. The Hall–Kier alpha value is -2.29. The van der Waals surface area contributed by atoms with Gasteiger partial charge >= 0.3 is 0 Å². The van der Waals surface area contributed by atoms with Gasteiger partial charge in [-0.2, -0.15) is 0 Å². The van der Waals surface area contributed by atoms with Gasteiger partial charge in [0.15, 0.2) is 11.6 Å². The number of rotatable bonds is 4. The molecule has 1 fully saturated rings. The van der Waals surface area contributed by atoms with Crippen LogP contribution in [0.1, 0.15) is 56.9 Å². The van der Waals surface area contributed by atoms with Gasteiger partial charge in [-0.25, -0.2) is 13.2 Å². The zero-order chi connectivity index (χ0) is 19.7. The summed E-state index contributed by atoms with van der Waals surface area (Å²) in [6, 6.07) is 13.0. The zero-order valence-electron chi connectivity index (χ0n) is 16.2. The lowest BCUT2D eigenvalue weighted by atomic mass is 9.77. The standard InChI is InChI=1S/C25H25F3/c1-2-3-16-4-6-17(7-5-16)18-8-11-21(24(27)15-18)19-9-12-22-20(14-19)10-13-23(26)25(22)28/h8-17H,2-7H2,1H3/t16-,17-. The first-order valence-electron chi connectivity index (χ1n) is 10.2. The largest absolute Gasteiger partial charge is 0.206 e. The smallest absolute Gasteiger partial charge is 0.166 e. The lowest BCUT2D eigenvalue weighted by Crippen LogP contribution is -2.13. The third-order valence-electron chi connectivity index (χ3n) is 6.23. The molecule has 1 saturated carbocycles. The van der Waals surface area contributed by atoms with Gasteiger partial charge in [-0.15, -0.1) is 0 Å². The van der Waals surface area contributed by atoms with Crippen molar-refractivity contribution in [3.05, 3.63) is 71.5 Å². The Kier molecular flexibility index (Phi) is 5.43. The van der Waals surface area contributed by atoms with Gasteiger partial charge in [-0.1, -0.05) is 50.1 Å². The van der Waals surface area contributed by atoms with Crippen molar-refractivity contribution in [2.24, 2.45) is 5.92 Å². The van der Waals surface area contributed by atoms with Crippen LogP contribution in [0.15, 0.2) is 48.5 Å². The van der Waals surface area contributed by atoms with Crippen LogP contribution < -0.4 is 0 Å². The highest BCUT2D eigenvalue weighted by molar-refractivity contribution is 5.88. The maximum Gasteiger partial charge on any atom is 0.166 e. The number of hydrogen-bond acceptors (Lipinski definition) is 0. The van der Waals surface area contributed by atoms with E-state index in [0.29, 0.717) is 22.4 Å². The van der Waals surface area contributed by atoms with Crippen molar-refractivity contribution in [1.29, 1.82) is 0 Å². The Bertz CT molecular complexity index is 984. The fourth-order valence-electron chi connectivity index (χ4n) is 4.64. The first-order chi connectivity index (χ1) is 13.6. The van der Waals surface area contributed by atoms with E-state index in [4.69, 9.17) is 0 Å². The highest BCUT2D eigenvalue weighted by Gasteiger charge is 2.22. The molecule has 3 aromatic rings. The van der Waals surface area contributed by atoms with Gasteiger partial charge in [0.25, 0.3) is 0 Å². The Morgan fingerprint density at radius 3 is 2.32 bits per heavy atom. The van der Waals surface area contributed by atoms with Gasteiger partial charge in [0.2, 0.25) is 0 Å². The summed E-state index contributed by atoms with van der Waals surface area (Å²) in [5, 5.41) is 0.777. The van der Waals surface area contributed by atoms with Crippen LogP contribution in [0.4, 0.5) is 13.2 Å². The van der Waals surface area contributed by atoms with Crippen molar-refractivity contribution < 1.29 is 13.2 Å². The summed E-state index contributed by atoms with van der Waals surface area (Å²) in [4.78, 5) is 0. The van der Waals surface area contributed by atoms with Crippen LogP contribution in [-0.4, -0.2) is 0 Å². The third kappa shape index (κ3) is 3.67. The normalized spacial score (nSPS) is 19.9. The molecular formula is C25H25F3. The predicted molar refractivity (Wildman–Crippen MR) is 109 cm³/mol. The van der Waals surface area contributed by atoms with Crippen molar-refractivity contribution in [3.8, 4) is 11.1 Å². The molecule has 0 nitrogen and oxygen atoms in total. The molecule has 0 aliphatic heterocycles. The van der Waals surface area contributed by atoms with Crippen LogP contribution in [0.2, 0.25) is 0 Å². The van der Waals surface area contributed by atoms with E-state index in [0.717, 1.165) is 30.4 Å². The number of halogens is 3. The minimum Gasteiger partial charge on any atom is -0.206 e. The van der Waals surface area contributed by atoms with Gasteiger partial charge in [-0.05, 0) is 72.2 Å². The monoisotopic (exact) mass is 382 g/mol. The summed E-state index contributed by atoms with van der Waals surface area (Å²) in [7, 11) is 0. The molecule has 0 heterocycles. The molecule has 0 unspecified atom stereocenters. The fourth-order valence-corrected chi connectivity index (χ4v) is 4.64. The average Bonchev–Trinajstić information content (AvgIpc) is 2.71. The average molecular weight is 382 g/mol. The molecule has 1 aliphatic carbocycles. The van der Waals surface area contributed by atoms with Crippen LogP contribution in [0.25, 0.3) is 21.9 Å². The fraction of sp³-hybridized carbons (Fsp3) is 0.360. The maximum absolute atomic E-state index is 14.9. The molecule has 28 heavy (non-hydrogen) atoms. The Balaban J connectivity index is 1.58. The second-order valence-electron chi connectivity index (χ2n) is 8.04. The van der Waals surface area contributed by atoms with Crippen LogP contribution in [0, 0.1) is 23.4 Å². The van der Waals surface area contributed by atoms with Crippen LogP contribution in [0.5, 0.6) is 0 Å². The van der Waals surface area contributed by atoms with E-state index in [1.54, 1.807) is 18.2 Å². The van der Waals surface area contributed by atoms with E-state index in [1.807, 2.05) is 12.1 Å². The summed E-state index contributed by atoms with van der Waals surface area (Å²) in [5.74, 6) is -0.725. The van der Waals surface area contributed by atoms with E-state index < -0.39 is 11.6 Å². The van der Waals surface area contributed by atoms with E-state index in [-0.39, 0.29) is 11.2 Å². The van der Waals surface area contributed by atoms with E-state index in [1.165, 1.54) is 37.8 Å². The predicted octanol–water partition coefficient (Wildman–Crippen LogP) is 8.00. The van der Waals surface area contributed by atoms with Crippen LogP contribution >= 0.6 is 0 Å². The number of hydrogen-bond donors (Lipinski definition) is 0. The zero-order valence-corrected chi connectivity index (χ0v) is 16.2. The van der Waals surface area contributed by atoms with E-state index in [2.05, 4.69) is 6.92 Å². The first kappa shape index (κ1) is 19.0. The lowest BCUT2D eigenvalue weighted by molar-refractivity contribution is 0.308. The molecule has 0 N–H and O–H groups in total. The minimum atomic E-state index is -0.871.